The van der Waals surface area contributed by atoms with Gasteiger partial charge in [0.05, 0.1) is 12.1 Å². The van der Waals surface area contributed by atoms with Crippen molar-refractivity contribution in [2.45, 2.75) is 40.2 Å². The predicted octanol–water partition coefficient (Wildman–Crippen LogP) is 3.12. The number of nitrogens with two attached hydrogens (primary N) is 1. The Morgan fingerprint density at radius 1 is 1.36 bits per heavy atom. The van der Waals surface area contributed by atoms with Crippen molar-refractivity contribution in [1.29, 1.82) is 0 Å². The van der Waals surface area contributed by atoms with Crippen LogP contribution in [-0.2, 0) is 6.54 Å². The number of ether oxygens (including phenoxy) is 1. The average Bonchev–Trinajstić information content (AvgIpc) is 2.47. The number of pyridine rings is 1. The smallest absolute Gasteiger partial charge is 0.297 e. The topological polar surface area (TPSA) is 77.5 Å². The molecule has 0 spiro atoms. The summed E-state index contributed by atoms with van der Waals surface area (Å²) in [6.07, 6.45) is 2.08. The van der Waals surface area contributed by atoms with Crippen LogP contribution in [0, 0.1) is 5.92 Å². The third-order valence-corrected chi connectivity index (χ3v) is 3.83. The van der Waals surface area contributed by atoms with Crippen molar-refractivity contribution in [3.8, 4) is 11.5 Å². The van der Waals surface area contributed by atoms with Crippen LogP contribution in [-0.4, -0.2) is 16.3 Å². The lowest BCUT2D eigenvalue weighted by atomic mass is 10.1. The first-order valence-electron chi connectivity index (χ1n) is 7.77. The monoisotopic (exact) mass is 304 g/mol. The van der Waals surface area contributed by atoms with Gasteiger partial charge < -0.3 is 20.1 Å². The highest BCUT2D eigenvalue weighted by atomic mass is 16.5. The highest BCUT2D eigenvalue weighted by molar-refractivity contribution is 5.89. The second kappa shape index (κ2) is 6.73. The molecule has 120 valence electrons. The van der Waals surface area contributed by atoms with E-state index in [9.17, 15) is 9.90 Å². The summed E-state index contributed by atoms with van der Waals surface area (Å²) in [6, 6.07) is 5.12. The van der Waals surface area contributed by atoms with Crippen molar-refractivity contribution in [2.75, 3.05) is 12.3 Å². The molecular formula is C17H24N2O3. The summed E-state index contributed by atoms with van der Waals surface area (Å²) in [5.41, 5.74) is 6.65. The van der Waals surface area contributed by atoms with Crippen LogP contribution >= 0.6 is 0 Å². The molecule has 0 radical (unpaired) electrons. The van der Waals surface area contributed by atoms with E-state index in [1.54, 1.807) is 22.8 Å². The molecule has 5 nitrogen and oxygen atoms in total. The van der Waals surface area contributed by atoms with Gasteiger partial charge in [-0.05, 0) is 37.5 Å². The largest absolute Gasteiger partial charge is 0.504 e. The summed E-state index contributed by atoms with van der Waals surface area (Å²) in [6.45, 7) is 6.96. The zero-order valence-corrected chi connectivity index (χ0v) is 13.4. The van der Waals surface area contributed by atoms with Crippen LogP contribution in [0.15, 0.2) is 23.0 Å². The first-order chi connectivity index (χ1) is 10.5. The molecule has 0 aliphatic carbocycles. The summed E-state index contributed by atoms with van der Waals surface area (Å²) in [7, 11) is 0. The molecule has 0 aliphatic rings. The molecule has 1 unspecified atom stereocenters. The van der Waals surface area contributed by atoms with Crippen LogP contribution in [0.4, 0.5) is 5.69 Å². The SMILES string of the molecule is CCCC(C)COc1c(O)c2ccc(N)cc2n(CC)c1=O. The number of anilines is 1. The first kappa shape index (κ1) is 16.2. The Kier molecular flexibility index (Phi) is 4.96. The highest BCUT2D eigenvalue weighted by Gasteiger charge is 2.18. The van der Waals surface area contributed by atoms with E-state index in [2.05, 4.69) is 13.8 Å². The Hall–Kier alpha value is -2.17. The Morgan fingerprint density at radius 2 is 2.09 bits per heavy atom. The Morgan fingerprint density at radius 3 is 2.73 bits per heavy atom. The maximum atomic E-state index is 12.6. The van der Waals surface area contributed by atoms with E-state index < -0.39 is 0 Å². The molecule has 22 heavy (non-hydrogen) atoms. The number of aryl methyl sites for hydroxylation is 1. The van der Waals surface area contributed by atoms with E-state index in [0.29, 0.717) is 35.7 Å². The fourth-order valence-corrected chi connectivity index (χ4v) is 2.67. The fraction of sp³-hybridized carbons (Fsp3) is 0.471. The number of nitrogens with zero attached hydrogens (tertiary/aromatic N) is 1. The van der Waals surface area contributed by atoms with Crippen molar-refractivity contribution < 1.29 is 9.84 Å². The zero-order chi connectivity index (χ0) is 16.3. The molecular weight excluding hydrogens is 280 g/mol. The third-order valence-electron chi connectivity index (χ3n) is 3.83. The van der Waals surface area contributed by atoms with Gasteiger partial charge in [-0.1, -0.05) is 20.3 Å². The number of benzene rings is 1. The fourth-order valence-electron chi connectivity index (χ4n) is 2.67. The van der Waals surface area contributed by atoms with Crippen molar-refractivity contribution in [3.05, 3.63) is 28.6 Å². The van der Waals surface area contributed by atoms with Crippen molar-refractivity contribution in [3.63, 3.8) is 0 Å². The summed E-state index contributed by atoms with van der Waals surface area (Å²) in [5.74, 6) is 0.261. The Labute approximate surface area is 130 Å². The van der Waals surface area contributed by atoms with Crippen molar-refractivity contribution >= 4 is 16.6 Å². The highest BCUT2D eigenvalue weighted by Crippen LogP contribution is 2.32. The average molecular weight is 304 g/mol. The summed E-state index contributed by atoms with van der Waals surface area (Å²) < 4.78 is 7.22. The van der Waals surface area contributed by atoms with E-state index in [1.807, 2.05) is 6.92 Å². The van der Waals surface area contributed by atoms with E-state index in [1.165, 1.54) is 0 Å². The van der Waals surface area contributed by atoms with E-state index >= 15 is 0 Å². The van der Waals surface area contributed by atoms with Gasteiger partial charge in [0.1, 0.15) is 0 Å². The summed E-state index contributed by atoms with van der Waals surface area (Å²) in [4.78, 5) is 12.6. The minimum absolute atomic E-state index is 0.0297. The number of fused-ring (bicyclic) bond motifs is 1. The van der Waals surface area contributed by atoms with Gasteiger partial charge in [-0.15, -0.1) is 0 Å². The second-order valence-corrected chi connectivity index (χ2v) is 5.71. The van der Waals surface area contributed by atoms with Gasteiger partial charge in [0.25, 0.3) is 5.56 Å². The summed E-state index contributed by atoms with van der Waals surface area (Å²) >= 11 is 0. The number of hydrogen-bond acceptors (Lipinski definition) is 4. The molecule has 0 aliphatic heterocycles. The van der Waals surface area contributed by atoms with Crippen molar-refractivity contribution in [2.24, 2.45) is 5.92 Å². The van der Waals surface area contributed by atoms with Crippen molar-refractivity contribution in [1.82, 2.24) is 4.57 Å². The Bertz CT molecular complexity index is 722. The molecule has 0 amide bonds. The van der Waals surface area contributed by atoms with Crippen LogP contribution in [0.2, 0.25) is 0 Å². The Balaban J connectivity index is 2.51. The second-order valence-electron chi connectivity index (χ2n) is 5.71. The minimum Gasteiger partial charge on any atom is -0.504 e. The van der Waals surface area contributed by atoms with Gasteiger partial charge in [-0.3, -0.25) is 4.79 Å². The molecule has 2 rings (SSSR count). The normalized spacial score (nSPS) is 12.5. The lowest BCUT2D eigenvalue weighted by Gasteiger charge is -2.16. The van der Waals surface area contributed by atoms with Crippen LogP contribution in [0.5, 0.6) is 11.5 Å². The zero-order valence-electron chi connectivity index (χ0n) is 13.4. The predicted molar refractivity (Wildman–Crippen MR) is 89.5 cm³/mol. The van der Waals surface area contributed by atoms with Crippen LogP contribution < -0.4 is 16.0 Å². The van der Waals surface area contributed by atoms with Gasteiger partial charge >= 0.3 is 0 Å². The molecule has 0 fully saturated rings. The molecule has 0 saturated carbocycles. The molecule has 1 aromatic carbocycles. The third kappa shape index (κ3) is 3.03. The van der Waals surface area contributed by atoms with Crippen LogP contribution in [0.3, 0.4) is 0 Å². The quantitative estimate of drug-likeness (QED) is 0.804. The van der Waals surface area contributed by atoms with Gasteiger partial charge in [-0.25, -0.2) is 0 Å². The molecule has 1 heterocycles. The lowest BCUT2D eigenvalue weighted by molar-refractivity contribution is 0.238. The molecule has 5 heteroatoms. The molecule has 0 bridgehead atoms. The van der Waals surface area contributed by atoms with Crippen LogP contribution in [0.1, 0.15) is 33.6 Å². The molecule has 1 atom stereocenters. The first-order valence-corrected chi connectivity index (χ1v) is 7.77. The molecule has 1 aromatic heterocycles. The lowest BCUT2D eigenvalue weighted by Crippen LogP contribution is -2.23. The van der Waals surface area contributed by atoms with E-state index in [-0.39, 0.29) is 17.1 Å². The molecule has 0 saturated heterocycles. The maximum absolute atomic E-state index is 12.6. The minimum atomic E-state index is -0.318. The number of aromatic nitrogens is 1. The molecule has 3 N–H and O–H groups in total. The number of hydrogen-bond donors (Lipinski definition) is 2. The van der Waals surface area contributed by atoms with Gasteiger partial charge in [0, 0.05) is 17.6 Å². The van der Waals surface area contributed by atoms with E-state index in [0.717, 1.165) is 12.8 Å². The number of aromatic hydroxyl groups is 1. The van der Waals surface area contributed by atoms with Gasteiger partial charge in [0.15, 0.2) is 5.75 Å². The molecule has 2 aromatic rings. The van der Waals surface area contributed by atoms with Crippen LogP contribution in [0.25, 0.3) is 10.9 Å². The number of nitrogen functional groups attached to an aromatic ring is 1. The maximum Gasteiger partial charge on any atom is 0.297 e. The van der Waals surface area contributed by atoms with E-state index in [4.69, 9.17) is 10.5 Å². The van der Waals surface area contributed by atoms with Gasteiger partial charge in [0.2, 0.25) is 5.75 Å². The van der Waals surface area contributed by atoms with Gasteiger partial charge in [-0.2, -0.15) is 0 Å². The summed E-state index contributed by atoms with van der Waals surface area (Å²) in [5, 5.41) is 11.0. The number of rotatable bonds is 6. The standard InChI is InChI=1S/C17H24N2O3/c1-4-6-11(3)10-22-16-15(20)13-8-7-12(18)9-14(13)19(5-2)17(16)21/h7-9,11,20H,4-6,10,18H2,1-3H3.